The molecule has 0 unspecified atom stereocenters. The number of carboxylic acid groups (broad SMARTS) is 1. The van der Waals surface area contributed by atoms with Crippen LogP contribution in [0.25, 0.3) is 0 Å². The topological polar surface area (TPSA) is 64.3 Å². The van der Waals surface area contributed by atoms with Crippen LogP contribution in [0.3, 0.4) is 0 Å². The number of benzene rings is 2. The summed E-state index contributed by atoms with van der Waals surface area (Å²) in [6.45, 7) is 0. The van der Waals surface area contributed by atoms with Gasteiger partial charge >= 0.3 is 5.97 Å². The van der Waals surface area contributed by atoms with Crippen molar-refractivity contribution in [3.8, 4) is 6.07 Å². The molecule has 2 aromatic rings. The average molecular weight is 252 g/mol. The molecule has 0 heterocycles. The molecule has 1 N–H and O–H groups in total. The molecule has 0 atom stereocenters. The standard InChI is InChI=1S/C15H12N2O2/c1-17(12-6-4-5-11(9-12)10-16)14-8-3-2-7-13(14)15(18)19/h2-9H,1H3,(H,18,19). The molecule has 0 spiro atoms. The normalized spacial score (nSPS) is 9.68. The summed E-state index contributed by atoms with van der Waals surface area (Å²) in [6.07, 6.45) is 0. The number of hydrogen-bond donors (Lipinski definition) is 1. The van der Waals surface area contributed by atoms with Crippen LogP contribution < -0.4 is 4.90 Å². The van der Waals surface area contributed by atoms with Gasteiger partial charge in [-0.2, -0.15) is 5.26 Å². The van der Waals surface area contributed by atoms with Gasteiger partial charge in [-0.3, -0.25) is 0 Å². The van der Waals surface area contributed by atoms with Crippen LogP contribution in [0.15, 0.2) is 48.5 Å². The van der Waals surface area contributed by atoms with E-state index in [0.717, 1.165) is 5.69 Å². The quantitative estimate of drug-likeness (QED) is 0.911. The summed E-state index contributed by atoms with van der Waals surface area (Å²) in [6, 6.07) is 15.9. The van der Waals surface area contributed by atoms with Crippen molar-refractivity contribution in [3.05, 3.63) is 59.7 Å². The van der Waals surface area contributed by atoms with Crippen molar-refractivity contribution in [3.63, 3.8) is 0 Å². The summed E-state index contributed by atoms with van der Waals surface area (Å²) >= 11 is 0. The first kappa shape index (κ1) is 12.7. The summed E-state index contributed by atoms with van der Waals surface area (Å²) in [7, 11) is 1.78. The molecule has 0 saturated heterocycles. The van der Waals surface area contributed by atoms with Crippen molar-refractivity contribution in [1.29, 1.82) is 5.26 Å². The molecule has 94 valence electrons. The van der Waals surface area contributed by atoms with Gasteiger partial charge in [-0.15, -0.1) is 0 Å². The lowest BCUT2D eigenvalue weighted by molar-refractivity contribution is 0.0697. The molecule has 4 heteroatoms. The maximum atomic E-state index is 11.2. The fourth-order valence-corrected chi connectivity index (χ4v) is 1.87. The maximum Gasteiger partial charge on any atom is 0.337 e. The summed E-state index contributed by atoms with van der Waals surface area (Å²) in [5, 5.41) is 18.1. The first-order chi connectivity index (χ1) is 9.13. The Morgan fingerprint density at radius 2 is 1.95 bits per heavy atom. The molecule has 0 saturated carbocycles. The maximum absolute atomic E-state index is 11.2. The molecular weight excluding hydrogens is 240 g/mol. The van der Waals surface area contributed by atoms with E-state index in [0.29, 0.717) is 11.3 Å². The van der Waals surface area contributed by atoms with Crippen LogP contribution in [-0.4, -0.2) is 18.1 Å². The lowest BCUT2D eigenvalue weighted by Crippen LogP contribution is -2.14. The number of hydrogen-bond acceptors (Lipinski definition) is 3. The van der Waals surface area contributed by atoms with Crippen LogP contribution in [-0.2, 0) is 0 Å². The number of rotatable bonds is 3. The minimum atomic E-state index is -0.973. The number of nitrogens with zero attached hydrogens (tertiary/aromatic N) is 2. The van der Waals surface area contributed by atoms with Gasteiger partial charge in [-0.1, -0.05) is 18.2 Å². The molecular formula is C15H12N2O2. The highest BCUT2D eigenvalue weighted by Crippen LogP contribution is 2.27. The third-order valence-electron chi connectivity index (χ3n) is 2.86. The highest BCUT2D eigenvalue weighted by Gasteiger charge is 2.13. The van der Waals surface area contributed by atoms with E-state index in [1.54, 1.807) is 54.4 Å². The lowest BCUT2D eigenvalue weighted by Gasteiger charge is -2.21. The minimum absolute atomic E-state index is 0.229. The number of aromatic carboxylic acids is 1. The number of carboxylic acids is 1. The Morgan fingerprint density at radius 3 is 2.63 bits per heavy atom. The van der Waals surface area contributed by atoms with Gasteiger partial charge in [-0.05, 0) is 30.3 Å². The van der Waals surface area contributed by atoms with Gasteiger partial charge in [0.05, 0.1) is 22.9 Å². The van der Waals surface area contributed by atoms with Crippen molar-refractivity contribution in [2.24, 2.45) is 0 Å². The van der Waals surface area contributed by atoms with Gasteiger partial charge in [0.25, 0.3) is 0 Å². The van der Waals surface area contributed by atoms with Crippen LogP contribution in [0.2, 0.25) is 0 Å². The zero-order chi connectivity index (χ0) is 13.8. The van der Waals surface area contributed by atoms with Crippen molar-refractivity contribution in [2.75, 3.05) is 11.9 Å². The molecule has 2 aromatic carbocycles. The smallest absolute Gasteiger partial charge is 0.337 e. The summed E-state index contributed by atoms with van der Waals surface area (Å²) in [4.78, 5) is 13.0. The fourth-order valence-electron chi connectivity index (χ4n) is 1.87. The summed E-state index contributed by atoms with van der Waals surface area (Å²) < 4.78 is 0. The molecule has 19 heavy (non-hydrogen) atoms. The Labute approximate surface area is 111 Å². The number of carbonyl (C=O) groups is 1. The third kappa shape index (κ3) is 2.55. The Morgan fingerprint density at radius 1 is 1.21 bits per heavy atom. The first-order valence-electron chi connectivity index (χ1n) is 5.69. The molecule has 2 rings (SSSR count). The van der Waals surface area contributed by atoms with Crippen molar-refractivity contribution in [1.82, 2.24) is 0 Å². The van der Waals surface area contributed by atoms with Crippen LogP contribution >= 0.6 is 0 Å². The molecule has 0 fully saturated rings. The lowest BCUT2D eigenvalue weighted by atomic mass is 10.1. The molecule has 0 bridgehead atoms. The van der Waals surface area contributed by atoms with Crippen molar-refractivity contribution >= 4 is 17.3 Å². The predicted molar refractivity (Wildman–Crippen MR) is 72.6 cm³/mol. The van der Waals surface area contributed by atoms with Gasteiger partial charge in [0.1, 0.15) is 0 Å². The van der Waals surface area contributed by atoms with E-state index in [4.69, 9.17) is 5.26 Å². The number of para-hydroxylation sites is 1. The van der Waals surface area contributed by atoms with Crippen molar-refractivity contribution in [2.45, 2.75) is 0 Å². The van der Waals surface area contributed by atoms with Crippen LogP contribution in [0.1, 0.15) is 15.9 Å². The van der Waals surface area contributed by atoms with E-state index < -0.39 is 5.97 Å². The molecule has 0 amide bonds. The molecule has 0 aromatic heterocycles. The second-order valence-corrected chi connectivity index (χ2v) is 4.04. The first-order valence-corrected chi connectivity index (χ1v) is 5.69. The third-order valence-corrected chi connectivity index (χ3v) is 2.86. The number of nitriles is 1. The Bertz CT molecular complexity index is 659. The van der Waals surface area contributed by atoms with Crippen molar-refractivity contribution < 1.29 is 9.90 Å². The Balaban J connectivity index is 2.47. The molecule has 4 nitrogen and oxygen atoms in total. The van der Waals surface area contributed by atoms with Crippen LogP contribution in [0, 0.1) is 11.3 Å². The van der Waals surface area contributed by atoms with Gasteiger partial charge in [0.15, 0.2) is 0 Å². The zero-order valence-electron chi connectivity index (χ0n) is 10.4. The van der Waals surface area contributed by atoms with Crippen LogP contribution in [0.4, 0.5) is 11.4 Å². The van der Waals surface area contributed by atoms with E-state index in [1.165, 1.54) is 0 Å². The zero-order valence-corrected chi connectivity index (χ0v) is 10.4. The van der Waals surface area contributed by atoms with E-state index in [2.05, 4.69) is 6.07 Å². The molecule has 0 aliphatic rings. The fraction of sp³-hybridized carbons (Fsp3) is 0.0667. The van der Waals surface area contributed by atoms with Gasteiger partial charge in [-0.25, -0.2) is 4.79 Å². The average Bonchev–Trinajstić information content (AvgIpc) is 2.46. The highest BCUT2D eigenvalue weighted by atomic mass is 16.4. The van der Waals surface area contributed by atoms with Gasteiger partial charge in [0.2, 0.25) is 0 Å². The van der Waals surface area contributed by atoms with E-state index in [-0.39, 0.29) is 5.56 Å². The molecule has 0 aliphatic carbocycles. The van der Waals surface area contributed by atoms with Gasteiger partial charge in [0, 0.05) is 12.7 Å². The summed E-state index contributed by atoms with van der Waals surface area (Å²) in [5.74, 6) is -0.973. The largest absolute Gasteiger partial charge is 0.478 e. The molecule has 0 radical (unpaired) electrons. The van der Waals surface area contributed by atoms with E-state index in [1.807, 2.05) is 6.07 Å². The monoisotopic (exact) mass is 252 g/mol. The van der Waals surface area contributed by atoms with E-state index in [9.17, 15) is 9.90 Å². The van der Waals surface area contributed by atoms with Gasteiger partial charge < -0.3 is 10.0 Å². The van der Waals surface area contributed by atoms with E-state index >= 15 is 0 Å². The second-order valence-electron chi connectivity index (χ2n) is 4.04. The highest BCUT2D eigenvalue weighted by molar-refractivity contribution is 5.95. The van der Waals surface area contributed by atoms with Crippen LogP contribution in [0.5, 0.6) is 0 Å². The number of anilines is 2. The SMILES string of the molecule is CN(c1cccc(C#N)c1)c1ccccc1C(=O)O. The Hall–Kier alpha value is -2.80. The minimum Gasteiger partial charge on any atom is -0.478 e. The summed E-state index contributed by atoms with van der Waals surface area (Å²) in [5.41, 5.74) is 2.13. The predicted octanol–water partition coefficient (Wildman–Crippen LogP) is 3.02. The molecule has 0 aliphatic heterocycles. The second kappa shape index (κ2) is 5.23. The Kier molecular flexibility index (Phi) is 3.48.